The number of aliphatic carboxylic acids is 1. The Morgan fingerprint density at radius 3 is 2.48 bits per heavy atom. The van der Waals surface area contributed by atoms with Crippen LogP contribution in [0, 0.1) is 10.1 Å². The summed E-state index contributed by atoms with van der Waals surface area (Å²) in [6.45, 7) is 0.321. The number of carboxylic acid groups (broad SMARTS) is 1. The highest BCUT2D eigenvalue weighted by Gasteiger charge is 2.22. The molecule has 0 heterocycles. The molecule has 0 aliphatic rings. The number of amides is 1. The van der Waals surface area contributed by atoms with Crippen LogP contribution in [0.2, 0.25) is 0 Å². The monoisotopic (exact) mass is 343 g/mol. The lowest BCUT2D eigenvalue weighted by molar-refractivity contribution is -0.384. The highest BCUT2D eigenvalue weighted by Crippen LogP contribution is 2.17. The summed E-state index contributed by atoms with van der Waals surface area (Å²) in [4.78, 5) is 33.6. The number of hydrogen-bond donors (Lipinski definition) is 3. The summed E-state index contributed by atoms with van der Waals surface area (Å²) in [7, 11) is 0. The third kappa shape index (κ3) is 5.70. The van der Waals surface area contributed by atoms with Gasteiger partial charge in [-0.1, -0.05) is 36.4 Å². The van der Waals surface area contributed by atoms with Crippen molar-refractivity contribution in [2.24, 2.45) is 0 Å². The minimum atomic E-state index is -1.13. The summed E-state index contributed by atoms with van der Waals surface area (Å²) in [5.74, 6) is -1.70. The molecule has 8 nitrogen and oxygen atoms in total. The number of benzene rings is 2. The van der Waals surface area contributed by atoms with E-state index in [2.05, 4.69) is 10.6 Å². The Labute approximate surface area is 143 Å². The minimum Gasteiger partial charge on any atom is -0.481 e. The Morgan fingerprint density at radius 1 is 1.12 bits per heavy atom. The molecule has 8 heteroatoms. The molecule has 1 amide bonds. The maximum Gasteiger partial charge on any atom is 0.305 e. The van der Waals surface area contributed by atoms with Gasteiger partial charge in [0.1, 0.15) is 0 Å². The molecule has 2 rings (SSSR count). The molecule has 130 valence electrons. The van der Waals surface area contributed by atoms with Crippen molar-refractivity contribution in [3.05, 3.63) is 70.3 Å². The Kier molecular flexibility index (Phi) is 6.19. The van der Waals surface area contributed by atoms with Crippen LogP contribution in [0.15, 0.2) is 54.6 Å². The van der Waals surface area contributed by atoms with Crippen LogP contribution >= 0.6 is 0 Å². The van der Waals surface area contributed by atoms with Crippen LogP contribution in [0.25, 0.3) is 0 Å². The summed E-state index contributed by atoms with van der Waals surface area (Å²) in [6, 6.07) is 13.7. The van der Waals surface area contributed by atoms with Gasteiger partial charge in [0.05, 0.1) is 17.4 Å². The predicted molar refractivity (Wildman–Crippen MR) is 91.0 cm³/mol. The van der Waals surface area contributed by atoms with Crippen LogP contribution in [-0.2, 0) is 16.1 Å². The summed E-state index contributed by atoms with van der Waals surface area (Å²) < 4.78 is 0. The molecule has 0 spiro atoms. The van der Waals surface area contributed by atoms with E-state index in [4.69, 9.17) is 5.11 Å². The predicted octanol–water partition coefficient (Wildman–Crippen LogP) is 2.17. The van der Waals surface area contributed by atoms with Gasteiger partial charge in [0, 0.05) is 24.4 Å². The average molecular weight is 343 g/mol. The second kappa shape index (κ2) is 8.55. The fourth-order valence-corrected chi connectivity index (χ4v) is 2.20. The fraction of sp³-hybridized carbons (Fsp3) is 0.176. The smallest absolute Gasteiger partial charge is 0.305 e. The lowest BCUT2D eigenvalue weighted by atomic mass is 10.1. The van der Waals surface area contributed by atoms with E-state index in [1.165, 1.54) is 24.3 Å². The number of nitro groups is 1. The first kappa shape index (κ1) is 18.1. The van der Waals surface area contributed by atoms with E-state index in [9.17, 15) is 19.7 Å². The number of non-ortho nitro benzene ring substituents is 1. The number of anilines is 1. The molecule has 1 unspecified atom stereocenters. The number of rotatable bonds is 8. The third-order valence-corrected chi connectivity index (χ3v) is 3.42. The lowest BCUT2D eigenvalue weighted by Crippen LogP contribution is -2.41. The van der Waals surface area contributed by atoms with Gasteiger partial charge in [-0.3, -0.25) is 19.7 Å². The van der Waals surface area contributed by atoms with Gasteiger partial charge in [-0.05, 0) is 11.6 Å². The van der Waals surface area contributed by atoms with Crippen LogP contribution in [0.3, 0.4) is 0 Å². The Bertz CT molecular complexity index is 764. The Balaban J connectivity index is 2.05. The molecule has 0 bridgehead atoms. The first-order chi connectivity index (χ1) is 12.0. The Morgan fingerprint density at radius 2 is 1.84 bits per heavy atom. The molecule has 0 saturated heterocycles. The normalized spacial score (nSPS) is 11.5. The van der Waals surface area contributed by atoms with E-state index in [0.717, 1.165) is 5.56 Å². The van der Waals surface area contributed by atoms with Crippen LogP contribution in [0.5, 0.6) is 0 Å². The number of hydrogen-bond acceptors (Lipinski definition) is 5. The van der Waals surface area contributed by atoms with Crippen molar-refractivity contribution in [2.75, 3.05) is 5.32 Å². The largest absolute Gasteiger partial charge is 0.481 e. The molecule has 0 aliphatic carbocycles. The molecule has 0 aliphatic heterocycles. The van der Waals surface area contributed by atoms with Gasteiger partial charge in [0.15, 0.2) is 0 Å². The third-order valence-electron chi connectivity index (χ3n) is 3.42. The average Bonchev–Trinajstić information content (AvgIpc) is 2.59. The molecular weight excluding hydrogens is 326 g/mol. The van der Waals surface area contributed by atoms with Gasteiger partial charge in [-0.25, -0.2) is 0 Å². The van der Waals surface area contributed by atoms with E-state index in [-0.39, 0.29) is 11.4 Å². The summed E-state index contributed by atoms with van der Waals surface area (Å²) >= 11 is 0. The molecule has 0 aromatic heterocycles. The van der Waals surface area contributed by atoms with Crippen LogP contribution < -0.4 is 10.6 Å². The van der Waals surface area contributed by atoms with Crippen molar-refractivity contribution in [1.29, 1.82) is 0 Å². The molecule has 1 atom stereocenters. The Hall–Kier alpha value is -3.26. The zero-order valence-electron chi connectivity index (χ0n) is 13.2. The minimum absolute atomic E-state index is 0.162. The van der Waals surface area contributed by atoms with Gasteiger partial charge in [-0.15, -0.1) is 0 Å². The number of nitrogens with zero attached hydrogens (tertiary/aromatic N) is 1. The first-order valence-electron chi connectivity index (χ1n) is 7.50. The fourth-order valence-electron chi connectivity index (χ4n) is 2.20. The summed E-state index contributed by atoms with van der Waals surface area (Å²) in [5.41, 5.74) is 0.974. The van der Waals surface area contributed by atoms with Gasteiger partial charge < -0.3 is 15.7 Å². The van der Waals surface area contributed by atoms with E-state index < -0.39 is 29.3 Å². The van der Waals surface area contributed by atoms with Gasteiger partial charge in [-0.2, -0.15) is 0 Å². The van der Waals surface area contributed by atoms with Crippen molar-refractivity contribution in [2.45, 2.75) is 19.0 Å². The van der Waals surface area contributed by atoms with E-state index >= 15 is 0 Å². The lowest BCUT2D eigenvalue weighted by Gasteiger charge is -2.17. The van der Waals surface area contributed by atoms with Crippen molar-refractivity contribution in [1.82, 2.24) is 5.32 Å². The molecule has 0 radical (unpaired) electrons. The maximum absolute atomic E-state index is 12.3. The summed E-state index contributed by atoms with van der Waals surface area (Å²) in [5, 5.41) is 25.2. The highest BCUT2D eigenvalue weighted by molar-refractivity contribution is 5.97. The van der Waals surface area contributed by atoms with Crippen LogP contribution in [-0.4, -0.2) is 27.9 Å². The molecular formula is C17H17N3O5. The standard InChI is InChI=1S/C17H17N3O5/c21-16(22)10-15(18-11-12-5-2-1-3-6-12)17(23)19-13-7-4-8-14(9-13)20(24)25/h1-9,15,18H,10-11H2,(H,19,23)(H,21,22). The quantitative estimate of drug-likeness (QED) is 0.499. The zero-order chi connectivity index (χ0) is 18.2. The number of nitro benzene ring substituents is 1. The van der Waals surface area contributed by atoms with Crippen molar-refractivity contribution in [3.63, 3.8) is 0 Å². The summed E-state index contributed by atoms with van der Waals surface area (Å²) in [6.07, 6.45) is -0.409. The first-order valence-corrected chi connectivity index (χ1v) is 7.50. The van der Waals surface area contributed by atoms with Crippen LogP contribution in [0.1, 0.15) is 12.0 Å². The van der Waals surface area contributed by atoms with E-state index in [1.807, 2.05) is 30.3 Å². The molecule has 25 heavy (non-hydrogen) atoms. The number of nitrogens with one attached hydrogen (secondary N) is 2. The zero-order valence-corrected chi connectivity index (χ0v) is 13.2. The van der Waals surface area contributed by atoms with Crippen molar-refractivity contribution >= 4 is 23.3 Å². The van der Waals surface area contributed by atoms with Gasteiger partial charge in [0.25, 0.3) is 5.69 Å². The molecule has 2 aromatic rings. The van der Waals surface area contributed by atoms with E-state index in [1.54, 1.807) is 0 Å². The van der Waals surface area contributed by atoms with Crippen molar-refractivity contribution < 1.29 is 19.6 Å². The van der Waals surface area contributed by atoms with Gasteiger partial charge in [0.2, 0.25) is 5.91 Å². The topological polar surface area (TPSA) is 122 Å². The number of carbonyl (C=O) groups excluding carboxylic acids is 1. The molecule has 0 saturated carbocycles. The molecule has 3 N–H and O–H groups in total. The maximum atomic E-state index is 12.3. The number of carbonyl (C=O) groups is 2. The molecule has 2 aromatic carbocycles. The van der Waals surface area contributed by atoms with E-state index in [0.29, 0.717) is 6.54 Å². The van der Waals surface area contributed by atoms with Gasteiger partial charge >= 0.3 is 5.97 Å². The second-order valence-corrected chi connectivity index (χ2v) is 5.31. The SMILES string of the molecule is O=C(O)CC(NCc1ccccc1)C(=O)Nc1cccc([N+](=O)[O-])c1. The van der Waals surface area contributed by atoms with Crippen LogP contribution in [0.4, 0.5) is 11.4 Å². The number of carboxylic acids is 1. The second-order valence-electron chi connectivity index (χ2n) is 5.31. The van der Waals surface area contributed by atoms with Crippen molar-refractivity contribution in [3.8, 4) is 0 Å². The highest BCUT2D eigenvalue weighted by atomic mass is 16.6. The molecule has 0 fully saturated rings.